The summed E-state index contributed by atoms with van der Waals surface area (Å²) in [7, 11) is 1.73. The van der Waals surface area contributed by atoms with Crippen LogP contribution in [0, 0.1) is 5.92 Å². The first-order valence-corrected chi connectivity index (χ1v) is 6.18. The molecule has 0 aliphatic heterocycles. The number of carbonyl (C=O) groups excluding carboxylic acids is 1. The van der Waals surface area contributed by atoms with Crippen molar-refractivity contribution in [3.05, 3.63) is 29.8 Å². The second kappa shape index (κ2) is 6.40. The topological polar surface area (TPSA) is 66.6 Å². The number of hydrogen-bond donors (Lipinski definition) is 2. The minimum Gasteiger partial charge on any atom is -0.508 e. The Bertz CT molecular complexity index is 405. The lowest BCUT2D eigenvalue weighted by Gasteiger charge is -2.22. The van der Waals surface area contributed by atoms with Gasteiger partial charge in [-0.1, -0.05) is 26.0 Å². The maximum atomic E-state index is 12.0. The van der Waals surface area contributed by atoms with E-state index >= 15 is 0 Å². The van der Waals surface area contributed by atoms with E-state index < -0.39 is 6.04 Å². The molecule has 1 atom stereocenters. The number of carbonyl (C=O) groups is 1. The van der Waals surface area contributed by atoms with Crippen molar-refractivity contribution in [1.29, 1.82) is 0 Å². The van der Waals surface area contributed by atoms with Crippen LogP contribution in [0.2, 0.25) is 0 Å². The Morgan fingerprint density at radius 3 is 2.67 bits per heavy atom. The molecule has 18 heavy (non-hydrogen) atoms. The molecule has 0 aliphatic carbocycles. The van der Waals surface area contributed by atoms with E-state index in [1.165, 1.54) is 0 Å². The molecule has 1 aromatic carbocycles. The molecule has 0 spiro atoms. The van der Waals surface area contributed by atoms with E-state index in [0.29, 0.717) is 18.9 Å². The highest BCUT2D eigenvalue weighted by Gasteiger charge is 2.19. The van der Waals surface area contributed by atoms with Gasteiger partial charge in [0.05, 0.1) is 6.04 Å². The fraction of sp³-hybridized carbons (Fsp3) is 0.500. The van der Waals surface area contributed by atoms with E-state index in [4.69, 9.17) is 5.73 Å². The van der Waals surface area contributed by atoms with Gasteiger partial charge in [0.15, 0.2) is 0 Å². The summed E-state index contributed by atoms with van der Waals surface area (Å²) in [6.45, 7) is 4.55. The second-order valence-corrected chi connectivity index (χ2v) is 5.10. The number of nitrogens with two attached hydrogens (primary N) is 1. The number of phenols is 1. The maximum Gasteiger partial charge on any atom is 0.239 e. The normalized spacial score (nSPS) is 12.5. The van der Waals surface area contributed by atoms with Gasteiger partial charge in [-0.3, -0.25) is 4.79 Å². The van der Waals surface area contributed by atoms with E-state index in [9.17, 15) is 9.90 Å². The zero-order valence-electron chi connectivity index (χ0n) is 11.3. The second-order valence-electron chi connectivity index (χ2n) is 5.10. The number of benzene rings is 1. The molecule has 0 aromatic heterocycles. The van der Waals surface area contributed by atoms with Crippen molar-refractivity contribution < 1.29 is 9.90 Å². The number of aromatic hydroxyl groups is 1. The van der Waals surface area contributed by atoms with Crippen LogP contribution in [0.5, 0.6) is 5.75 Å². The SMILES string of the molecule is CC(C)C[C@@H](N)C(=O)N(C)Cc1cccc(O)c1. The van der Waals surface area contributed by atoms with E-state index in [0.717, 1.165) is 5.56 Å². The first kappa shape index (κ1) is 14.5. The molecule has 1 aromatic rings. The summed E-state index contributed by atoms with van der Waals surface area (Å²) in [6.07, 6.45) is 0.684. The summed E-state index contributed by atoms with van der Waals surface area (Å²) in [5.41, 5.74) is 6.75. The molecule has 0 saturated carbocycles. The van der Waals surface area contributed by atoms with Gasteiger partial charge in [-0.25, -0.2) is 0 Å². The van der Waals surface area contributed by atoms with E-state index in [-0.39, 0.29) is 11.7 Å². The molecule has 4 nitrogen and oxygen atoms in total. The van der Waals surface area contributed by atoms with Crippen LogP contribution >= 0.6 is 0 Å². The van der Waals surface area contributed by atoms with Gasteiger partial charge in [0.2, 0.25) is 5.91 Å². The third-order valence-electron chi connectivity index (χ3n) is 2.75. The maximum absolute atomic E-state index is 12.0. The smallest absolute Gasteiger partial charge is 0.239 e. The van der Waals surface area contributed by atoms with Crippen molar-refractivity contribution in [2.24, 2.45) is 11.7 Å². The summed E-state index contributed by atoms with van der Waals surface area (Å²) in [5, 5.41) is 9.36. The van der Waals surface area contributed by atoms with Crippen LogP contribution in [-0.4, -0.2) is 29.0 Å². The predicted octanol–water partition coefficient (Wildman–Crippen LogP) is 1.72. The van der Waals surface area contributed by atoms with Crippen LogP contribution in [0.3, 0.4) is 0 Å². The Hall–Kier alpha value is -1.55. The highest BCUT2D eigenvalue weighted by Crippen LogP contribution is 2.13. The van der Waals surface area contributed by atoms with E-state index in [2.05, 4.69) is 0 Å². The molecular weight excluding hydrogens is 228 g/mol. The first-order chi connectivity index (χ1) is 8.40. The number of hydrogen-bond acceptors (Lipinski definition) is 3. The zero-order valence-corrected chi connectivity index (χ0v) is 11.3. The van der Waals surface area contributed by atoms with Gasteiger partial charge in [-0.15, -0.1) is 0 Å². The van der Waals surface area contributed by atoms with Crippen LogP contribution in [0.4, 0.5) is 0 Å². The minimum absolute atomic E-state index is 0.0629. The highest BCUT2D eigenvalue weighted by atomic mass is 16.3. The van der Waals surface area contributed by atoms with Crippen molar-refractivity contribution in [3.8, 4) is 5.75 Å². The van der Waals surface area contributed by atoms with Crippen LogP contribution in [0.25, 0.3) is 0 Å². The average molecular weight is 250 g/mol. The molecule has 0 saturated heterocycles. The van der Waals surface area contributed by atoms with Crippen LogP contribution in [-0.2, 0) is 11.3 Å². The van der Waals surface area contributed by atoms with Crippen LogP contribution in [0.1, 0.15) is 25.8 Å². The Morgan fingerprint density at radius 2 is 2.11 bits per heavy atom. The van der Waals surface area contributed by atoms with Gasteiger partial charge in [0.25, 0.3) is 0 Å². The molecule has 0 aliphatic rings. The molecule has 0 fully saturated rings. The Labute approximate surface area is 108 Å². The Kier molecular flexibility index (Phi) is 5.16. The third kappa shape index (κ3) is 4.37. The van der Waals surface area contributed by atoms with Crippen LogP contribution in [0.15, 0.2) is 24.3 Å². The number of phenolic OH excluding ortho intramolecular Hbond substituents is 1. The minimum atomic E-state index is -0.452. The first-order valence-electron chi connectivity index (χ1n) is 6.18. The molecule has 0 unspecified atom stereocenters. The summed E-state index contributed by atoms with van der Waals surface area (Å²) in [5.74, 6) is 0.546. The largest absolute Gasteiger partial charge is 0.508 e. The Morgan fingerprint density at radius 1 is 1.44 bits per heavy atom. The quantitative estimate of drug-likeness (QED) is 0.836. The summed E-state index contributed by atoms with van der Waals surface area (Å²) in [6, 6.07) is 6.44. The predicted molar refractivity (Wildman–Crippen MR) is 72.0 cm³/mol. The monoisotopic (exact) mass is 250 g/mol. The molecule has 0 bridgehead atoms. The number of amides is 1. The van der Waals surface area contributed by atoms with Gasteiger partial charge in [0.1, 0.15) is 5.75 Å². The third-order valence-corrected chi connectivity index (χ3v) is 2.75. The lowest BCUT2D eigenvalue weighted by atomic mass is 10.0. The molecular formula is C14H22N2O2. The molecule has 1 amide bonds. The summed E-state index contributed by atoms with van der Waals surface area (Å²) >= 11 is 0. The van der Waals surface area contributed by atoms with Crippen molar-refractivity contribution in [2.45, 2.75) is 32.9 Å². The zero-order chi connectivity index (χ0) is 13.7. The molecule has 4 heteroatoms. The number of rotatable bonds is 5. The van der Waals surface area contributed by atoms with Gasteiger partial charge in [0, 0.05) is 13.6 Å². The van der Waals surface area contributed by atoms with Crippen molar-refractivity contribution in [1.82, 2.24) is 4.90 Å². The van der Waals surface area contributed by atoms with Crippen LogP contribution < -0.4 is 5.73 Å². The lowest BCUT2D eigenvalue weighted by Crippen LogP contribution is -2.42. The van der Waals surface area contributed by atoms with Gasteiger partial charge in [-0.2, -0.15) is 0 Å². The standard InChI is InChI=1S/C14H22N2O2/c1-10(2)7-13(15)14(18)16(3)9-11-5-4-6-12(17)8-11/h4-6,8,10,13,17H,7,9,15H2,1-3H3/t13-/m1/s1. The van der Waals surface area contributed by atoms with Gasteiger partial charge >= 0.3 is 0 Å². The molecule has 0 radical (unpaired) electrons. The van der Waals surface area contributed by atoms with Crippen molar-refractivity contribution in [3.63, 3.8) is 0 Å². The summed E-state index contributed by atoms with van der Waals surface area (Å²) in [4.78, 5) is 13.6. The molecule has 0 heterocycles. The average Bonchev–Trinajstić information content (AvgIpc) is 2.27. The Balaban J connectivity index is 2.59. The van der Waals surface area contributed by atoms with Crippen molar-refractivity contribution in [2.75, 3.05) is 7.05 Å². The molecule has 1 rings (SSSR count). The van der Waals surface area contributed by atoms with Gasteiger partial charge < -0.3 is 15.7 Å². The number of likely N-dealkylation sites (N-methyl/N-ethyl adjacent to an activating group) is 1. The fourth-order valence-corrected chi connectivity index (χ4v) is 1.90. The van der Waals surface area contributed by atoms with Crippen molar-refractivity contribution >= 4 is 5.91 Å². The lowest BCUT2D eigenvalue weighted by molar-refractivity contribution is -0.132. The number of nitrogens with zero attached hydrogens (tertiary/aromatic N) is 1. The molecule has 3 N–H and O–H groups in total. The van der Waals surface area contributed by atoms with Gasteiger partial charge in [-0.05, 0) is 30.0 Å². The fourth-order valence-electron chi connectivity index (χ4n) is 1.90. The molecule has 100 valence electrons. The van der Waals surface area contributed by atoms with E-state index in [1.807, 2.05) is 19.9 Å². The summed E-state index contributed by atoms with van der Waals surface area (Å²) < 4.78 is 0. The van der Waals surface area contributed by atoms with E-state index in [1.54, 1.807) is 30.1 Å². The highest BCUT2D eigenvalue weighted by molar-refractivity contribution is 5.81.